The fraction of sp³-hybridized carbons (Fsp3) is 0.333. The number of benzene rings is 2. The molecule has 0 amide bonds. The lowest BCUT2D eigenvalue weighted by Crippen LogP contribution is -2.24. The van der Waals surface area contributed by atoms with Crippen LogP contribution in [0.3, 0.4) is 0 Å². The SMILES string of the molecule is CSc1ccc(NC2c3cc(Cl)ccc3CC2(C)C)cc1. The van der Waals surface area contributed by atoms with E-state index in [1.165, 1.54) is 21.7 Å². The second-order valence-corrected chi connectivity index (χ2v) is 7.63. The Morgan fingerprint density at radius 2 is 1.86 bits per heavy atom. The number of hydrogen-bond donors (Lipinski definition) is 1. The lowest BCUT2D eigenvalue weighted by Gasteiger charge is -2.29. The average Bonchev–Trinajstić information content (AvgIpc) is 2.71. The Morgan fingerprint density at radius 3 is 2.52 bits per heavy atom. The fourth-order valence-corrected chi connectivity index (χ4v) is 3.73. The van der Waals surface area contributed by atoms with Gasteiger partial charge in [-0.15, -0.1) is 11.8 Å². The summed E-state index contributed by atoms with van der Waals surface area (Å²) in [5, 5.41) is 4.51. The maximum absolute atomic E-state index is 6.19. The van der Waals surface area contributed by atoms with E-state index in [9.17, 15) is 0 Å². The molecule has 3 rings (SSSR count). The number of fused-ring (bicyclic) bond motifs is 1. The maximum atomic E-state index is 6.19. The molecule has 0 bridgehead atoms. The molecule has 0 saturated heterocycles. The summed E-state index contributed by atoms with van der Waals surface area (Å²) in [6.45, 7) is 4.63. The molecule has 0 spiro atoms. The fourth-order valence-electron chi connectivity index (χ4n) is 3.14. The highest BCUT2D eigenvalue weighted by atomic mass is 35.5. The smallest absolute Gasteiger partial charge is 0.0571 e. The molecule has 1 N–H and O–H groups in total. The molecule has 1 aliphatic rings. The molecular weight excluding hydrogens is 298 g/mol. The van der Waals surface area contributed by atoms with Crippen molar-refractivity contribution >= 4 is 29.1 Å². The van der Waals surface area contributed by atoms with Gasteiger partial charge in [-0.25, -0.2) is 0 Å². The van der Waals surface area contributed by atoms with Crippen LogP contribution in [0.15, 0.2) is 47.4 Å². The molecule has 110 valence electrons. The summed E-state index contributed by atoms with van der Waals surface area (Å²) < 4.78 is 0. The largest absolute Gasteiger partial charge is 0.378 e. The van der Waals surface area contributed by atoms with Crippen molar-refractivity contribution < 1.29 is 0 Å². The van der Waals surface area contributed by atoms with Crippen molar-refractivity contribution in [2.24, 2.45) is 5.41 Å². The van der Waals surface area contributed by atoms with Crippen LogP contribution in [0.2, 0.25) is 5.02 Å². The van der Waals surface area contributed by atoms with E-state index in [2.05, 4.69) is 61.8 Å². The van der Waals surface area contributed by atoms with Gasteiger partial charge in [0.05, 0.1) is 6.04 Å². The zero-order valence-corrected chi connectivity index (χ0v) is 14.2. The first-order valence-electron chi connectivity index (χ1n) is 7.18. The van der Waals surface area contributed by atoms with Crippen LogP contribution < -0.4 is 5.32 Å². The minimum Gasteiger partial charge on any atom is -0.378 e. The molecule has 0 aromatic heterocycles. The average molecular weight is 318 g/mol. The van der Waals surface area contributed by atoms with E-state index in [-0.39, 0.29) is 5.41 Å². The quantitative estimate of drug-likeness (QED) is 0.718. The number of rotatable bonds is 3. The first-order valence-corrected chi connectivity index (χ1v) is 8.79. The third-order valence-corrected chi connectivity index (χ3v) is 5.23. The van der Waals surface area contributed by atoms with E-state index < -0.39 is 0 Å². The maximum Gasteiger partial charge on any atom is 0.0571 e. The number of anilines is 1. The molecular formula is C18H20ClNS. The van der Waals surface area contributed by atoms with Gasteiger partial charge in [0, 0.05) is 15.6 Å². The minimum absolute atomic E-state index is 0.186. The molecule has 1 unspecified atom stereocenters. The summed E-state index contributed by atoms with van der Waals surface area (Å²) in [5.74, 6) is 0. The highest BCUT2D eigenvalue weighted by molar-refractivity contribution is 7.98. The first-order chi connectivity index (χ1) is 9.99. The van der Waals surface area contributed by atoms with Crippen molar-refractivity contribution in [3.8, 4) is 0 Å². The summed E-state index contributed by atoms with van der Waals surface area (Å²) in [5.41, 5.74) is 4.09. The van der Waals surface area contributed by atoms with Crippen LogP contribution in [0.25, 0.3) is 0 Å². The van der Waals surface area contributed by atoms with Crippen LogP contribution >= 0.6 is 23.4 Å². The summed E-state index contributed by atoms with van der Waals surface area (Å²) in [7, 11) is 0. The lowest BCUT2D eigenvalue weighted by molar-refractivity contribution is 0.337. The molecule has 0 saturated carbocycles. The predicted molar refractivity (Wildman–Crippen MR) is 93.5 cm³/mol. The van der Waals surface area contributed by atoms with Crippen molar-refractivity contribution in [2.45, 2.75) is 31.2 Å². The van der Waals surface area contributed by atoms with Crippen molar-refractivity contribution in [2.75, 3.05) is 11.6 Å². The zero-order valence-electron chi connectivity index (χ0n) is 12.6. The van der Waals surface area contributed by atoms with Crippen LogP contribution in [-0.2, 0) is 6.42 Å². The molecule has 2 aromatic rings. The minimum atomic E-state index is 0.186. The summed E-state index contributed by atoms with van der Waals surface area (Å²) >= 11 is 7.96. The standard InChI is InChI=1S/C18H20ClNS/c1-18(2)11-12-4-5-13(19)10-16(12)17(18)20-14-6-8-15(21-3)9-7-14/h4-10,17,20H,11H2,1-3H3. The third kappa shape index (κ3) is 2.93. The van der Waals surface area contributed by atoms with Crippen LogP contribution in [-0.4, -0.2) is 6.26 Å². The van der Waals surface area contributed by atoms with Crippen molar-refractivity contribution in [3.63, 3.8) is 0 Å². The van der Waals surface area contributed by atoms with Crippen molar-refractivity contribution in [3.05, 3.63) is 58.6 Å². The summed E-state index contributed by atoms with van der Waals surface area (Å²) in [6, 6.07) is 15.2. The Bertz CT molecular complexity index is 649. The van der Waals surface area contributed by atoms with Gasteiger partial charge in [0.1, 0.15) is 0 Å². The number of halogens is 1. The number of thioether (sulfide) groups is 1. The number of nitrogens with one attached hydrogen (secondary N) is 1. The highest BCUT2D eigenvalue weighted by Crippen LogP contribution is 2.47. The van der Waals surface area contributed by atoms with Gasteiger partial charge < -0.3 is 5.32 Å². The molecule has 21 heavy (non-hydrogen) atoms. The van der Waals surface area contributed by atoms with Crippen LogP contribution in [0.5, 0.6) is 0 Å². The zero-order chi connectivity index (χ0) is 15.0. The molecule has 0 fully saturated rings. The van der Waals surface area contributed by atoms with E-state index in [0.29, 0.717) is 6.04 Å². The van der Waals surface area contributed by atoms with E-state index >= 15 is 0 Å². The molecule has 1 atom stereocenters. The highest BCUT2D eigenvalue weighted by Gasteiger charge is 2.38. The van der Waals surface area contributed by atoms with Crippen LogP contribution in [0.1, 0.15) is 31.0 Å². The molecule has 1 aliphatic carbocycles. The topological polar surface area (TPSA) is 12.0 Å². The Labute approximate surface area is 136 Å². The first kappa shape index (κ1) is 14.8. The van der Waals surface area contributed by atoms with Gasteiger partial charge in [-0.2, -0.15) is 0 Å². The molecule has 0 radical (unpaired) electrons. The molecule has 3 heteroatoms. The van der Waals surface area contributed by atoms with Gasteiger partial charge in [0.2, 0.25) is 0 Å². The lowest BCUT2D eigenvalue weighted by atomic mass is 9.85. The monoisotopic (exact) mass is 317 g/mol. The Hall–Kier alpha value is -1.12. The van der Waals surface area contributed by atoms with Gasteiger partial charge in [0.25, 0.3) is 0 Å². The van der Waals surface area contributed by atoms with Gasteiger partial charge >= 0.3 is 0 Å². The molecule has 0 aliphatic heterocycles. The van der Waals surface area contributed by atoms with E-state index in [4.69, 9.17) is 11.6 Å². The predicted octanol–water partition coefficient (Wildman–Crippen LogP) is 5.80. The van der Waals surface area contributed by atoms with Gasteiger partial charge in [0.15, 0.2) is 0 Å². The molecule has 0 heterocycles. The van der Waals surface area contributed by atoms with Crippen LogP contribution in [0, 0.1) is 5.41 Å². The van der Waals surface area contributed by atoms with Gasteiger partial charge in [-0.05, 0) is 65.6 Å². The number of hydrogen-bond acceptors (Lipinski definition) is 2. The molecule has 2 aromatic carbocycles. The second-order valence-electron chi connectivity index (χ2n) is 6.31. The van der Waals surface area contributed by atoms with Crippen molar-refractivity contribution in [1.82, 2.24) is 0 Å². The third-order valence-electron chi connectivity index (χ3n) is 4.25. The molecule has 1 nitrogen and oxygen atoms in total. The Morgan fingerprint density at radius 1 is 1.14 bits per heavy atom. The summed E-state index contributed by atoms with van der Waals surface area (Å²) in [6.07, 6.45) is 3.18. The van der Waals surface area contributed by atoms with Crippen molar-refractivity contribution in [1.29, 1.82) is 0 Å². The second kappa shape index (κ2) is 5.58. The van der Waals surface area contributed by atoms with Gasteiger partial charge in [-0.3, -0.25) is 0 Å². The Kier molecular flexibility index (Phi) is 3.94. The van der Waals surface area contributed by atoms with E-state index in [1.54, 1.807) is 11.8 Å². The van der Waals surface area contributed by atoms with Gasteiger partial charge in [-0.1, -0.05) is 31.5 Å². The van der Waals surface area contributed by atoms with Crippen LogP contribution in [0.4, 0.5) is 5.69 Å². The normalized spacial score (nSPS) is 19.3. The van der Waals surface area contributed by atoms with E-state index in [0.717, 1.165) is 11.4 Å². The Balaban J connectivity index is 1.91. The van der Waals surface area contributed by atoms with E-state index in [1.807, 2.05) is 6.07 Å². The summed E-state index contributed by atoms with van der Waals surface area (Å²) in [4.78, 5) is 1.29.